The van der Waals surface area contributed by atoms with E-state index in [1.54, 1.807) is 13.0 Å². The van der Waals surface area contributed by atoms with Crippen LogP contribution >= 0.6 is 11.8 Å². The van der Waals surface area contributed by atoms with Gasteiger partial charge in [0.2, 0.25) is 0 Å². The summed E-state index contributed by atoms with van der Waals surface area (Å²) in [7, 11) is 0. The quantitative estimate of drug-likeness (QED) is 0.226. The summed E-state index contributed by atoms with van der Waals surface area (Å²) in [5.41, 5.74) is 2.07. The fourth-order valence-corrected chi connectivity index (χ4v) is 16.4. The van der Waals surface area contributed by atoms with Crippen LogP contribution in [-0.2, 0) is 43.0 Å². The molecule has 6 fully saturated rings. The van der Waals surface area contributed by atoms with Gasteiger partial charge in [-0.1, -0.05) is 45.0 Å². The third kappa shape index (κ3) is 7.72. The zero-order chi connectivity index (χ0) is 43.5. The highest BCUT2D eigenvalue weighted by atomic mass is 32.2. The number of ether oxygens (including phenoxy) is 2. The molecular weight excluding hydrogens is 779 g/mol. The Balaban J connectivity index is 0.000000182. The van der Waals surface area contributed by atoms with E-state index in [-0.39, 0.29) is 86.1 Å². The molecule has 8 aliphatic carbocycles. The first-order chi connectivity index (χ1) is 28.3. The maximum absolute atomic E-state index is 13.0. The third-order valence-electron chi connectivity index (χ3n) is 18.1. The van der Waals surface area contributed by atoms with Crippen molar-refractivity contribution in [3.63, 3.8) is 0 Å². The van der Waals surface area contributed by atoms with Gasteiger partial charge in [0, 0.05) is 50.7 Å². The van der Waals surface area contributed by atoms with Crippen LogP contribution in [0.4, 0.5) is 0 Å². The van der Waals surface area contributed by atoms with Crippen LogP contribution in [0.2, 0.25) is 0 Å². The number of allylic oxidation sites excluding steroid dienone is 2. The van der Waals surface area contributed by atoms with E-state index in [0.717, 1.165) is 82.6 Å². The first-order valence-electron chi connectivity index (χ1n) is 22.6. The van der Waals surface area contributed by atoms with Gasteiger partial charge in [0.15, 0.2) is 28.2 Å². The lowest BCUT2D eigenvalue weighted by molar-refractivity contribution is -0.149. The number of hydrogen-bond acceptors (Lipinski definition) is 11. The lowest BCUT2D eigenvalue weighted by atomic mass is 9.45. The molecular formula is C49H65NO9S. The highest BCUT2D eigenvalue weighted by molar-refractivity contribution is 8.14. The van der Waals surface area contributed by atoms with Crippen molar-refractivity contribution in [2.24, 2.45) is 74.9 Å². The molecule has 60 heavy (non-hydrogen) atoms. The predicted octanol–water partition coefficient (Wildman–Crippen LogP) is 8.54. The van der Waals surface area contributed by atoms with Crippen LogP contribution in [0.5, 0.6) is 0 Å². The molecule has 0 heterocycles. The van der Waals surface area contributed by atoms with Gasteiger partial charge in [0.25, 0.3) is 0 Å². The summed E-state index contributed by atoms with van der Waals surface area (Å²) in [6.07, 6.45) is 15.9. The Bertz CT molecular complexity index is 1950. The van der Waals surface area contributed by atoms with Crippen molar-refractivity contribution in [1.82, 2.24) is 0 Å². The molecule has 0 N–H and O–H groups in total. The second-order valence-corrected chi connectivity index (χ2v) is 22.2. The molecule has 0 aromatic rings. The van der Waals surface area contributed by atoms with Crippen molar-refractivity contribution in [3.05, 3.63) is 23.3 Å². The monoisotopic (exact) mass is 843 g/mol. The van der Waals surface area contributed by atoms with Gasteiger partial charge in [0.1, 0.15) is 13.2 Å². The van der Waals surface area contributed by atoms with Crippen LogP contribution in [0.25, 0.3) is 0 Å². The molecule has 10 nitrogen and oxygen atoms in total. The number of nitriles is 1. The van der Waals surface area contributed by atoms with Gasteiger partial charge in [-0.3, -0.25) is 33.6 Å². The molecule has 11 heteroatoms. The fraction of sp³-hybridized carbons (Fsp3) is 0.755. The zero-order valence-electron chi connectivity index (χ0n) is 36.8. The molecule has 0 saturated heterocycles. The Morgan fingerprint density at radius 3 is 1.80 bits per heavy atom. The smallest absolute Gasteiger partial charge is 0.303 e. The predicted molar refractivity (Wildman–Crippen MR) is 226 cm³/mol. The number of carbonyl (C=O) groups excluding carboxylic acids is 7. The second kappa shape index (κ2) is 16.7. The Morgan fingerprint density at radius 1 is 0.700 bits per heavy atom. The van der Waals surface area contributed by atoms with Crippen molar-refractivity contribution < 1.29 is 43.0 Å². The minimum atomic E-state index is -0.416. The van der Waals surface area contributed by atoms with E-state index in [4.69, 9.17) is 9.47 Å². The molecule has 8 aliphatic rings. The average molecular weight is 844 g/mol. The number of fused-ring (bicyclic) bond motifs is 10. The number of ketones is 4. The van der Waals surface area contributed by atoms with Crippen LogP contribution in [0.3, 0.4) is 0 Å². The van der Waals surface area contributed by atoms with Gasteiger partial charge in [-0.25, -0.2) is 0 Å². The van der Waals surface area contributed by atoms with E-state index in [2.05, 4.69) is 33.8 Å². The summed E-state index contributed by atoms with van der Waals surface area (Å²) < 4.78 is 10.0. The maximum Gasteiger partial charge on any atom is 0.303 e. The maximum atomic E-state index is 13.0. The first-order valence-corrected chi connectivity index (χ1v) is 23.5. The number of thioether (sulfide) groups is 1. The SMILES string of the molecule is CC(=O)OCC(=O)[C@H]1CC[C@H]2[C@@H]3C[C@H](C#N)C4=CC(=O)CC[C@]4(C)[C@H]3CC[C@]12C.CC(=O)OCC(=O)[C@H]1CC[C@H]2[C@@H]3[C@H](SC(C)=O)CC4=CC(=O)CC[C@]4(C)[C@H]3CC[C@]12C. The summed E-state index contributed by atoms with van der Waals surface area (Å²) in [4.78, 5) is 84.6. The Hall–Kier alpha value is -3.39. The Morgan fingerprint density at radius 2 is 1.23 bits per heavy atom. The van der Waals surface area contributed by atoms with E-state index in [0.29, 0.717) is 48.3 Å². The molecule has 14 atom stereocenters. The molecule has 326 valence electrons. The van der Waals surface area contributed by atoms with E-state index < -0.39 is 11.9 Å². The molecule has 0 aromatic heterocycles. The van der Waals surface area contributed by atoms with Crippen LogP contribution in [0.15, 0.2) is 23.3 Å². The molecule has 0 aromatic carbocycles. The molecule has 8 rings (SSSR count). The van der Waals surface area contributed by atoms with Crippen molar-refractivity contribution >= 4 is 51.9 Å². The largest absolute Gasteiger partial charge is 0.458 e. The number of Topliss-reactive ketones (excluding diaryl/α,β-unsaturated/α-hetero) is 2. The summed E-state index contributed by atoms with van der Waals surface area (Å²) in [6, 6.07) is 2.50. The molecule has 0 amide bonds. The van der Waals surface area contributed by atoms with Gasteiger partial charge in [-0.2, -0.15) is 5.26 Å². The van der Waals surface area contributed by atoms with Crippen molar-refractivity contribution in [2.45, 2.75) is 144 Å². The lowest BCUT2D eigenvalue weighted by Crippen LogP contribution is -2.55. The highest BCUT2D eigenvalue weighted by Gasteiger charge is 2.64. The molecule has 0 spiro atoms. The van der Waals surface area contributed by atoms with Gasteiger partial charge in [-0.15, -0.1) is 0 Å². The Labute approximate surface area is 360 Å². The zero-order valence-corrected chi connectivity index (χ0v) is 37.6. The van der Waals surface area contributed by atoms with E-state index in [1.165, 1.54) is 31.2 Å². The molecule has 6 saturated carbocycles. The van der Waals surface area contributed by atoms with Gasteiger partial charge < -0.3 is 9.47 Å². The first kappa shape index (κ1) is 44.7. The third-order valence-corrected chi connectivity index (χ3v) is 19.2. The van der Waals surface area contributed by atoms with E-state index in [1.807, 2.05) is 6.08 Å². The van der Waals surface area contributed by atoms with Gasteiger partial charge in [-0.05, 0) is 152 Å². The fourth-order valence-electron chi connectivity index (χ4n) is 15.2. The van der Waals surface area contributed by atoms with Crippen LogP contribution < -0.4 is 0 Å². The van der Waals surface area contributed by atoms with E-state index >= 15 is 0 Å². The molecule has 0 radical (unpaired) electrons. The van der Waals surface area contributed by atoms with E-state index in [9.17, 15) is 38.8 Å². The minimum Gasteiger partial charge on any atom is -0.458 e. The molecule has 0 unspecified atom stereocenters. The number of rotatable bonds is 7. The van der Waals surface area contributed by atoms with Crippen LogP contribution in [-0.4, -0.2) is 58.7 Å². The van der Waals surface area contributed by atoms with Gasteiger partial charge >= 0.3 is 11.9 Å². The average Bonchev–Trinajstić information content (AvgIpc) is 3.73. The van der Waals surface area contributed by atoms with Crippen molar-refractivity contribution in [2.75, 3.05) is 13.2 Å². The Kier molecular flexibility index (Phi) is 12.4. The number of hydrogen-bond donors (Lipinski definition) is 0. The standard InChI is InChI=1S/C25H34O5S.C24H31NO4/c1-14(26)30-13-21(29)18-5-6-19-23-20(8-10-25(18,19)4)24(3)9-7-17(28)11-16(24)12-22(23)31-15(2)27;1-14(26)29-13-22(28)20-5-4-18-17-10-15(12-25)21-11-16(27)6-8-24(21,3)19(17)7-9-23(18,20)2/h11,18-20,22-23H,5-10,12-13H2,1-4H3;11,15,17-20H,4-10,13H2,1-3H3/t18-,19+,20+,22-,23+,24+,25-;15-,17+,18+,19+,20-,23+,24-/m11/s1. The summed E-state index contributed by atoms with van der Waals surface area (Å²) >= 11 is 1.44. The molecule has 0 bridgehead atoms. The summed E-state index contributed by atoms with van der Waals surface area (Å²) in [5.74, 6) is 1.80. The van der Waals surface area contributed by atoms with Gasteiger partial charge in [0.05, 0.1) is 12.0 Å². The highest BCUT2D eigenvalue weighted by Crippen LogP contribution is 2.69. The topological polar surface area (TPSA) is 162 Å². The number of esters is 2. The summed E-state index contributed by atoms with van der Waals surface area (Å²) in [6.45, 7) is 13.2. The second-order valence-electron chi connectivity index (χ2n) is 20.8. The summed E-state index contributed by atoms with van der Waals surface area (Å²) in [5, 5.41) is 10.2. The number of carbonyl (C=O) groups is 7. The van der Waals surface area contributed by atoms with Crippen LogP contribution in [0, 0.1) is 86.3 Å². The van der Waals surface area contributed by atoms with Crippen molar-refractivity contribution in [1.29, 1.82) is 5.26 Å². The van der Waals surface area contributed by atoms with Crippen molar-refractivity contribution in [3.8, 4) is 6.07 Å². The minimum absolute atomic E-state index is 0.0214. The normalized spacial score (nSPS) is 42.4. The van der Waals surface area contributed by atoms with Crippen LogP contribution in [0.1, 0.15) is 138 Å². The number of nitrogens with zero attached hydrogens (tertiary/aromatic N) is 1. The molecule has 0 aliphatic heterocycles. The lowest BCUT2D eigenvalue weighted by Gasteiger charge is -2.60.